The number of unbranched alkanes of at least 4 members (excludes halogenated alkanes) is 3. The van der Waals surface area contributed by atoms with Gasteiger partial charge in [-0.15, -0.1) is 0 Å². The van der Waals surface area contributed by atoms with Crippen LogP contribution in [-0.4, -0.2) is 38.5 Å². The molecular weight excluding hydrogens is 272 g/mol. The number of guanidine groups is 1. The highest BCUT2D eigenvalue weighted by molar-refractivity contribution is 5.79. The Morgan fingerprint density at radius 2 is 1.77 bits per heavy atom. The van der Waals surface area contributed by atoms with Gasteiger partial charge in [0, 0.05) is 26.7 Å². The van der Waals surface area contributed by atoms with Crippen LogP contribution in [0, 0.1) is 0 Å². The van der Waals surface area contributed by atoms with Crippen LogP contribution in [0.1, 0.15) is 43.7 Å². The molecule has 22 heavy (non-hydrogen) atoms. The molecule has 2 N–H and O–H groups in total. The maximum atomic E-state index is 4.30. The molecule has 1 aromatic carbocycles. The molecule has 0 radical (unpaired) electrons. The fourth-order valence-electron chi connectivity index (χ4n) is 2.38. The summed E-state index contributed by atoms with van der Waals surface area (Å²) >= 11 is 0. The zero-order valence-corrected chi connectivity index (χ0v) is 14.7. The van der Waals surface area contributed by atoms with Crippen molar-refractivity contribution in [1.29, 1.82) is 0 Å². The second kappa shape index (κ2) is 11.1. The predicted molar refractivity (Wildman–Crippen MR) is 96.2 cm³/mol. The number of hydrogen-bond acceptors (Lipinski definition) is 2. The van der Waals surface area contributed by atoms with Gasteiger partial charge in [0.1, 0.15) is 0 Å². The lowest BCUT2D eigenvalue weighted by atomic mass is 10.1. The third-order valence-corrected chi connectivity index (χ3v) is 3.60. The molecule has 0 aliphatic heterocycles. The van der Waals surface area contributed by atoms with Crippen LogP contribution in [0.2, 0.25) is 0 Å². The Hall–Kier alpha value is -1.55. The first-order chi connectivity index (χ1) is 10.7. The lowest BCUT2D eigenvalue weighted by Gasteiger charge is -2.16. The summed E-state index contributed by atoms with van der Waals surface area (Å²) in [6.45, 7) is 4.98. The van der Waals surface area contributed by atoms with Crippen molar-refractivity contribution in [2.45, 2.75) is 45.7 Å². The number of benzene rings is 1. The minimum absolute atomic E-state index is 0.804. The predicted octanol–water partition coefficient (Wildman–Crippen LogP) is 2.99. The lowest BCUT2D eigenvalue weighted by Crippen LogP contribution is -2.37. The van der Waals surface area contributed by atoms with Crippen LogP contribution in [0.25, 0.3) is 0 Å². The van der Waals surface area contributed by atoms with Crippen LogP contribution in [-0.2, 0) is 13.1 Å². The molecule has 124 valence electrons. The Bertz CT molecular complexity index is 440. The molecule has 4 heteroatoms. The molecule has 0 bridgehead atoms. The van der Waals surface area contributed by atoms with Crippen molar-refractivity contribution in [3.05, 3.63) is 35.4 Å². The van der Waals surface area contributed by atoms with Crippen molar-refractivity contribution >= 4 is 5.96 Å². The first-order valence-corrected chi connectivity index (χ1v) is 8.33. The van der Waals surface area contributed by atoms with Gasteiger partial charge in [-0.1, -0.05) is 50.5 Å². The molecule has 0 amide bonds. The van der Waals surface area contributed by atoms with Gasteiger partial charge in [-0.2, -0.15) is 0 Å². The number of hydrogen-bond donors (Lipinski definition) is 2. The molecule has 0 heterocycles. The highest BCUT2D eigenvalue weighted by Gasteiger charge is 2.04. The third kappa shape index (κ3) is 7.46. The topological polar surface area (TPSA) is 39.7 Å². The van der Waals surface area contributed by atoms with E-state index in [0.29, 0.717) is 0 Å². The molecule has 1 rings (SSSR count). The monoisotopic (exact) mass is 304 g/mol. The Morgan fingerprint density at radius 3 is 2.41 bits per heavy atom. The molecule has 0 spiro atoms. The minimum Gasteiger partial charge on any atom is -0.356 e. The van der Waals surface area contributed by atoms with Crippen LogP contribution in [0.5, 0.6) is 0 Å². The summed E-state index contributed by atoms with van der Waals surface area (Å²) in [5, 5.41) is 6.80. The van der Waals surface area contributed by atoms with Crippen molar-refractivity contribution in [3.63, 3.8) is 0 Å². The van der Waals surface area contributed by atoms with E-state index in [9.17, 15) is 0 Å². The van der Waals surface area contributed by atoms with Crippen LogP contribution >= 0.6 is 0 Å². The van der Waals surface area contributed by atoms with E-state index in [4.69, 9.17) is 0 Å². The fraction of sp³-hybridized carbons (Fsp3) is 0.611. The van der Waals surface area contributed by atoms with Gasteiger partial charge >= 0.3 is 0 Å². The summed E-state index contributed by atoms with van der Waals surface area (Å²) in [6, 6.07) is 8.57. The molecule has 0 aliphatic rings. The molecular formula is C18H32N4. The van der Waals surface area contributed by atoms with Crippen molar-refractivity contribution in [3.8, 4) is 0 Å². The Kier molecular flexibility index (Phi) is 9.31. The van der Waals surface area contributed by atoms with Crippen molar-refractivity contribution < 1.29 is 0 Å². The van der Waals surface area contributed by atoms with Crippen LogP contribution in [0.15, 0.2) is 29.3 Å². The molecule has 4 nitrogen and oxygen atoms in total. The normalized spacial score (nSPS) is 11.8. The first kappa shape index (κ1) is 18.5. The molecule has 0 unspecified atom stereocenters. The third-order valence-electron chi connectivity index (χ3n) is 3.60. The number of nitrogens with zero attached hydrogens (tertiary/aromatic N) is 2. The average molecular weight is 304 g/mol. The zero-order valence-electron chi connectivity index (χ0n) is 14.7. The van der Waals surface area contributed by atoms with Crippen molar-refractivity contribution in [2.24, 2.45) is 4.99 Å². The molecule has 1 aromatic rings. The molecule has 0 aliphatic carbocycles. The first-order valence-electron chi connectivity index (χ1n) is 8.33. The van der Waals surface area contributed by atoms with Gasteiger partial charge in [-0.05, 0) is 31.6 Å². The van der Waals surface area contributed by atoms with Gasteiger partial charge in [-0.3, -0.25) is 4.99 Å². The Morgan fingerprint density at radius 1 is 1.05 bits per heavy atom. The zero-order chi connectivity index (χ0) is 16.2. The second-order valence-corrected chi connectivity index (χ2v) is 5.92. The van der Waals surface area contributed by atoms with E-state index in [1.807, 2.05) is 7.05 Å². The summed E-state index contributed by atoms with van der Waals surface area (Å²) in [4.78, 5) is 6.49. The van der Waals surface area contributed by atoms with E-state index in [0.717, 1.165) is 25.6 Å². The number of nitrogens with one attached hydrogen (secondary N) is 2. The van der Waals surface area contributed by atoms with E-state index in [1.165, 1.54) is 36.8 Å². The minimum atomic E-state index is 0.804. The van der Waals surface area contributed by atoms with Crippen molar-refractivity contribution in [1.82, 2.24) is 15.5 Å². The van der Waals surface area contributed by atoms with E-state index in [-0.39, 0.29) is 0 Å². The van der Waals surface area contributed by atoms with Gasteiger partial charge in [0.05, 0.1) is 0 Å². The van der Waals surface area contributed by atoms with E-state index in [2.05, 4.69) is 65.8 Å². The molecule has 0 saturated carbocycles. The molecule has 0 aromatic heterocycles. The van der Waals surface area contributed by atoms with Crippen LogP contribution < -0.4 is 10.6 Å². The van der Waals surface area contributed by atoms with E-state index in [1.54, 1.807) is 0 Å². The Balaban J connectivity index is 2.43. The van der Waals surface area contributed by atoms with Crippen LogP contribution in [0.4, 0.5) is 0 Å². The van der Waals surface area contributed by atoms with Gasteiger partial charge < -0.3 is 15.5 Å². The van der Waals surface area contributed by atoms with Gasteiger partial charge in [0.25, 0.3) is 0 Å². The summed E-state index contributed by atoms with van der Waals surface area (Å²) in [7, 11) is 6.02. The molecule has 0 atom stereocenters. The SMILES string of the molecule is CCCCCCNC(=NC)NCc1ccccc1CN(C)C. The number of aliphatic imine (C=N–C) groups is 1. The summed E-state index contributed by atoms with van der Waals surface area (Å²) in [5.74, 6) is 0.885. The maximum absolute atomic E-state index is 4.30. The molecule has 0 fully saturated rings. The van der Waals surface area contributed by atoms with E-state index < -0.39 is 0 Å². The van der Waals surface area contributed by atoms with Gasteiger partial charge in [-0.25, -0.2) is 0 Å². The van der Waals surface area contributed by atoms with Crippen molar-refractivity contribution in [2.75, 3.05) is 27.7 Å². The average Bonchev–Trinajstić information content (AvgIpc) is 2.51. The smallest absolute Gasteiger partial charge is 0.191 e. The van der Waals surface area contributed by atoms with Crippen LogP contribution in [0.3, 0.4) is 0 Å². The second-order valence-electron chi connectivity index (χ2n) is 5.92. The quantitative estimate of drug-likeness (QED) is 0.418. The van der Waals surface area contributed by atoms with Gasteiger partial charge in [0.15, 0.2) is 5.96 Å². The summed E-state index contributed by atoms with van der Waals surface area (Å²) in [6.07, 6.45) is 5.07. The fourth-order valence-corrected chi connectivity index (χ4v) is 2.38. The van der Waals surface area contributed by atoms with Gasteiger partial charge in [0.2, 0.25) is 0 Å². The highest BCUT2D eigenvalue weighted by Crippen LogP contribution is 2.10. The summed E-state index contributed by atoms with van der Waals surface area (Å²) in [5.41, 5.74) is 2.68. The summed E-state index contributed by atoms with van der Waals surface area (Å²) < 4.78 is 0. The number of rotatable bonds is 9. The Labute approximate surface area is 136 Å². The highest BCUT2D eigenvalue weighted by atomic mass is 15.2. The lowest BCUT2D eigenvalue weighted by molar-refractivity contribution is 0.400. The maximum Gasteiger partial charge on any atom is 0.191 e. The largest absolute Gasteiger partial charge is 0.356 e. The van der Waals surface area contributed by atoms with E-state index >= 15 is 0 Å². The standard InChI is InChI=1S/C18H32N4/c1-5-6-7-10-13-20-18(19-2)21-14-16-11-8-9-12-17(16)15-22(3)4/h8-9,11-12H,5-7,10,13-15H2,1-4H3,(H2,19,20,21). The molecule has 0 saturated heterocycles.